The van der Waals surface area contributed by atoms with E-state index in [1.54, 1.807) is 0 Å². The Morgan fingerprint density at radius 2 is 2.33 bits per heavy atom. The molecule has 0 fully saturated rings. The lowest BCUT2D eigenvalue weighted by Crippen LogP contribution is -2.13. The molecule has 0 aliphatic heterocycles. The van der Waals surface area contributed by atoms with E-state index in [0.717, 1.165) is 12.1 Å². The number of nitro groups is 1. The molecule has 0 aliphatic carbocycles. The van der Waals surface area contributed by atoms with Gasteiger partial charge >= 0.3 is 11.7 Å². The molecule has 1 unspecified atom stereocenters. The predicted octanol–water partition coefficient (Wildman–Crippen LogP) is 2.57. The van der Waals surface area contributed by atoms with E-state index in [2.05, 4.69) is 6.58 Å². The number of hydrogen-bond acceptors (Lipinski definition) is 4. The van der Waals surface area contributed by atoms with Gasteiger partial charge in [-0.25, -0.2) is 0 Å². The van der Waals surface area contributed by atoms with Gasteiger partial charge < -0.3 is 4.74 Å². The fourth-order valence-electron chi connectivity index (χ4n) is 1.34. The molecule has 18 heavy (non-hydrogen) atoms. The molecule has 1 aromatic carbocycles. The molecule has 0 saturated carbocycles. The molecule has 0 heterocycles. The molecule has 0 bridgehead atoms. The summed E-state index contributed by atoms with van der Waals surface area (Å²) in [4.78, 5) is 21.1. The van der Waals surface area contributed by atoms with Crippen molar-refractivity contribution in [3.8, 4) is 0 Å². The number of nitrogens with zero attached hydrogens (tertiary/aromatic N) is 1. The molecule has 1 rings (SSSR count). The molecule has 0 saturated heterocycles. The van der Waals surface area contributed by atoms with E-state index in [9.17, 15) is 19.3 Å². The molecule has 0 aliphatic rings. The van der Waals surface area contributed by atoms with E-state index in [4.69, 9.17) is 4.74 Å². The van der Waals surface area contributed by atoms with Crippen LogP contribution in [0.3, 0.4) is 0 Å². The van der Waals surface area contributed by atoms with Crippen LogP contribution in [0.5, 0.6) is 0 Å². The van der Waals surface area contributed by atoms with Crippen molar-refractivity contribution in [1.82, 2.24) is 0 Å². The van der Waals surface area contributed by atoms with E-state index in [1.165, 1.54) is 19.1 Å². The maximum Gasteiger partial charge on any atom is 0.313 e. The summed E-state index contributed by atoms with van der Waals surface area (Å²) < 4.78 is 18.2. The largest absolute Gasteiger partial charge is 0.461 e. The first-order chi connectivity index (χ1) is 8.47. The summed E-state index contributed by atoms with van der Waals surface area (Å²) in [6.07, 6.45) is 1.42. The second-order valence-corrected chi connectivity index (χ2v) is 3.61. The van der Waals surface area contributed by atoms with Crippen LogP contribution in [0.2, 0.25) is 0 Å². The highest BCUT2D eigenvalue weighted by molar-refractivity contribution is 5.77. The minimum absolute atomic E-state index is 0.0681. The minimum atomic E-state index is -0.971. The Morgan fingerprint density at radius 1 is 1.67 bits per heavy atom. The lowest BCUT2D eigenvalue weighted by molar-refractivity contribution is -0.387. The van der Waals surface area contributed by atoms with Crippen LogP contribution in [0, 0.1) is 15.9 Å². The second-order valence-electron chi connectivity index (χ2n) is 3.61. The monoisotopic (exact) mass is 253 g/mol. The van der Waals surface area contributed by atoms with Gasteiger partial charge in [0.05, 0.1) is 10.8 Å². The highest BCUT2D eigenvalue weighted by atomic mass is 19.1. The SMILES string of the molecule is C=CCOC(=O)C(C)c1ccc([N+](=O)[O-])c(F)c1. The molecule has 0 amide bonds. The number of benzene rings is 1. The Kier molecular flexibility index (Phi) is 4.53. The quantitative estimate of drug-likeness (QED) is 0.350. The third-order valence-corrected chi connectivity index (χ3v) is 2.37. The Morgan fingerprint density at radius 3 is 2.83 bits per heavy atom. The van der Waals surface area contributed by atoms with Gasteiger partial charge in [-0.05, 0) is 18.6 Å². The van der Waals surface area contributed by atoms with Crippen molar-refractivity contribution in [2.24, 2.45) is 0 Å². The van der Waals surface area contributed by atoms with E-state index >= 15 is 0 Å². The van der Waals surface area contributed by atoms with Crippen molar-refractivity contribution in [3.05, 3.63) is 52.3 Å². The number of carbonyl (C=O) groups is 1. The molecule has 5 nitrogen and oxygen atoms in total. The number of ether oxygens (including phenoxy) is 1. The third kappa shape index (κ3) is 3.13. The molecular weight excluding hydrogens is 241 g/mol. The van der Waals surface area contributed by atoms with Crippen LogP contribution in [0.4, 0.5) is 10.1 Å². The molecule has 1 atom stereocenters. The van der Waals surface area contributed by atoms with Crippen LogP contribution in [0.15, 0.2) is 30.9 Å². The number of halogens is 1. The fraction of sp³-hybridized carbons (Fsp3) is 0.250. The van der Waals surface area contributed by atoms with Gasteiger partial charge in [-0.3, -0.25) is 14.9 Å². The number of esters is 1. The predicted molar refractivity (Wildman–Crippen MR) is 62.6 cm³/mol. The topological polar surface area (TPSA) is 69.4 Å². The number of rotatable bonds is 5. The second kappa shape index (κ2) is 5.90. The van der Waals surface area contributed by atoms with Crippen LogP contribution in [-0.4, -0.2) is 17.5 Å². The lowest BCUT2D eigenvalue weighted by Gasteiger charge is -2.10. The van der Waals surface area contributed by atoms with Gasteiger partial charge in [0.1, 0.15) is 6.61 Å². The first-order valence-corrected chi connectivity index (χ1v) is 5.18. The summed E-state index contributed by atoms with van der Waals surface area (Å²) in [6.45, 7) is 5.00. The van der Waals surface area contributed by atoms with Crippen molar-refractivity contribution in [2.75, 3.05) is 6.61 Å². The van der Waals surface area contributed by atoms with E-state index in [-0.39, 0.29) is 6.61 Å². The van der Waals surface area contributed by atoms with Gasteiger partial charge in [-0.15, -0.1) is 0 Å². The molecule has 1 aromatic rings. The highest BCUT2D eigenvalue weighted by Gasteiger charge is 2.20. The van der Waals surface area contributed by atoms with Gasteiger partial charge in [-0.1, -0.05) is 18.7 Å². The van der Waals surface area contributed by atoms with Crippen LogP contribution >= 0.6 is 0 Å². The lowest BCUT2D eigenvalue weighted by atomic mass is 10.0. The summed E-state index contributed by atoms with van der Waals surface area (Å²) >= 11 is 0. The van der Waals surface area contributed by atoms with Crippen molar-refractivity contribution >= 4 is 11.7 Å². The number of hydrogen-bond donors (Lipinski definition) is 0. The fourth-order valence-corrected chi connectivity index (χ4v) is 1.34. The van der Waals surface area contributed by atoms with Gasteiger partial charge in [0.2, 0.25) is 5.82 Å². The molecule has 6 heteroatoms. The zero-order valence-electron chi connectivity index (χ0n) is 9.76. The average molecular weight is 253 g/mol. The maximum absolute atomic E-state index is 13.4. The molecule has 96 valence electrons. The minimum Gasteiger partial charge on any atom is -0.461 e. The van der Waals surface area contributed by atoms with Crippen molar-refractivity contribution in [2.45, 2.75) is 12.8 Å². The highest BCUT2D eigenvalue weighted by Crippen LogP contribution is 2.23. The summed E-state index contributed by atoms with van der Waals surface area (Å²) in [7, 11) is 0. The van der Waals surface area contributed by atoms with Crippen molar-refractivity contribution in [1.29, 1.82) is 0 Å². The zero-order valence-corrected chi connectivity index (χ0v) is 9.76. The van der Waals surface area contributed by atoms with Gasteiger partial charge in [0.15, 0.2) is 0 Å². The number of carbonyl (C=O) groups excluding carboxylic acids is 1. The zero-order chi connectivity index (χ0) is 13.7. The smallest absolute Gasteiger partial charge is 0.313 e. The standard InChI is InChI=1S/C12H12FNO4/c1-3-6-18-12(15)8(2)9-4-5-11(14(16)17)10(13)7-9/h3-5,7-8H,1,6H2,2H3. The van der Waals surface area contributed by atoms with Gasteiger partial charge in [0.25, 0.3) is 0 Å². The first-order valence-electron chi connectivity index (χ1n) is 5.18. The Hall–Kier alpha value is -2.24. The van der Waals surface area contributed by atoms with Crippen LogP contribution in [0.1, 0.15) is 18.4 Å². The number of nitro benzene ring substituents is 1. The Bertz CT molecular complexity index is 487. The molecule has 0 radical (unpaired) electrons. The molecular formula is C12H12FNO4. The molecule has 0 N–H and O–H groups in total. The summed E-state index contributed by atoms with van der Waals surface area (Å²) in [5.41, 5.74) is -0.294. The summed E-state index contributed by atoms with van der Waals surface area (Å²) in [5, 5.41) is 10.4. The normalized spacial score (nSPS) is 11.7. The van der Waals surface area contributed by atoms with Crippen molar-refractivity contribution < 1.29 is 18.8 Å². The van der Waals surface area contributed by atoms with Crippen LogP contribution < -0.4 is 0 Å². The van der Waals surface area contributed by atoms with E-state index in [1.807, 2.05) is 0 Å². The van der Waals surface area contributed by atoms with Crippen molar-refractivity contribution in [3.63, 3.8) is 0 Å². The van der Waals surface area contributed by atoms with Crippen LogP contribution in [0.25, 0.3) is 0 Å². The summed E-state index contributed by atoms with van der Waals surface area (Å²) in [5.74, 6) is -2.20. The Balaban J connectivity index is 2.90. The van der Waals surface area contributed by atoms with E-state index in [0.29, 0.717) is 5.56 Å². The summed E-state index contributed by atoms with van der Waals surface area (Å²) in [6, 6.07) is 3.33. The first kappa shape index (κ1) is 13.8. The van der Waals surface area contributed by atoms with E-state index < -0.39 is 28.3 Å². The maximum atomic E-state index is 13.4. The Labute approximate surface area is 103 Å². The molecule has 0 aromatic heterocycles. The van der Waals surface area contributed by atoms with Crippen LogP contribution in [-0.2, 0) is 9.53 Å². The molecule has 0 spiro atoms. The van der Waals surface area contributed by atoms with Gasteiger partial charge in [0, 0.05) is 6.07 Å². The third-order valence-electron chi connectivity index (χ3n) is 2.37. The van der Waals surface area contributed by atoms with Gasteiger partial charge in [-0.2, -0.15) is 4.39 Å². The average Bonchev–Trinajstić information content (AvgIpc) is 2.34.